The predicted octanol–water partition coefficient (Wildman–Crippen LogP) is 4.65. The van der Waals surface area contributed by atoms with Gasteiger partial charge in [-0.25, -0.2) is 0 Å². The van der Waals surface area contributed by atoms with Crippen molar-refractivity contribution >= 4 is 12.0 Å². The van der Waals surface area contributed by atoms with Crippen LogP contribution in [0.25, 0.3) is 6.08 Å². The van der Waals surface area contributed by atoms with E-state index >= 15 is 0 Å². The molecule has 0 spiro atoms. The van der Waals surface area contributed by atoms with Gasteiger partial charge >= 0.3 is 12.1 Å². The number of hydrogen-bond donors (Lipinski definition) is 2. The van der Waals surface area contributed by atoms with Crippen molar-refractivity contribution in [3.05, 3.63) is 71.3 Å². The number of alkyl halides is 3. The minimum absolute atomic E-state index is 0.0307. The fourth-order valence-corrected chi connectivity index (χ4v) is 5.82. The molecule has 194 valence electrons. The molecule has 1 aliphatic carbocycles. The summed E-state index contributed by atoms with van der Waals surface area (Å²) in [5, 5.41) is 14.7. The number of benzene rings is 2. The molecule has 0 amide bonds. The molecule has 1 unspecified atom stereocenters. The van der Waals surface area contributed by atoms with Crippen LogP contribution in [0.2, 0.25) is 0 Å². The van der Waals surface area contributed by atoms with Crippen molar-refractivity contribution < 1.29 is 27.8 Å². The minimum atomic E-state index is -4.37. The van der Waals surface area contributed by atoms with Crippen LogP contribution in [0.5, 0.6) is 5.75 Å². The van der Waals surface area contributed by atoms with Gasteiger partial charge in [0.1, 0.15) is 5.75 Å². The van der Waals surface area contributed by atoms with E-state index in [0.29, 0.717) is 24.3 Å². The fraction of sp³-hybridized carbons (Fsp3) is 0.464. The molecule has 0 bridgehead atoms. The van der Waals surface area contributed by atoms with Gasteiger partial charge in [-0.05, 0) is 68.2 Å². The van der Waals surface area contributed by atoms with Crippen molar-refractivity contribution in [3.8, 4) is 5.75 Å². The molecule has 2 N–H and O–H groups in total. The highest BCUT2D eigenvalue weighted by Gasteiger charge is 2.51. The molecular weight excluding hydrogens is 469 g/mol. The van der Waals surface area contributed by atoms with Crippen LogP contribution in [-0.4, -0.2) is 54.8 Å². The Morgan fingerprint density at radius 1 is 1.25 bits per heavy atom. The lowest BCUT2D eigenvalue weighted by Gasteiger charge is -2.54. The third-order valence-electron chi connectivity index (χ3n) is 7.48. The molecule has 36 heavy (non-hydrogen) atoms. The summed E-state index contributed by atoms with van der Waals surface area (Å²) in [5.41, 5.74) is 0.607. The monoisotopic (exact) mass is 502 g/mol. The van der Waals surface area contributed by atoms with Crippen LogP contribution >= 0.6 is 0 Å². The molecule has 1 heterocycles. The topological polar surface area (TPSA) is 61.8 Å². The number of nitrogens with zero attached hydrogens (tertiary/aromatic N) is 1. The van der Waals surface area contributed by atoms with E-state index < -0.39 is 17.8 Å². The summed E-state index contributed by atoms with van der Waals surface area (Å²) in [6.07, 6.45) is 0.891. The highest BCUT2D eigenvalue weighted by molar-refractivity contribution is 5.69. The zero-order valence-electron chi connectivity index (χ0n) is 20.6. The number of piperidine rings is 1. The number of fused-ring (bicyclic) bond motifs is 1. The first-order valence-electron chi connectivity index (χ1n) is 12.3. The van der Waals surface area contributed by atoms with Gasteiger partial charge in [0.2, 0.25) is 0 Å². The Hall–Kier alpha value is -2.68. The molecule has 2 aliphatic rings. The number of aliphatic hydroxyl groups is 1. The maximum absolute atomic E-state index is 13.0. The molecule has 4 atom stereocenters. The minimum Gasteiger partial charge on any atom is -0.427 e. The highest BCUT2D eigenvalue weighted by atomic mass is 19.4. The van der Waals surface area contributed by atoms with E-state index in [0.717, 1.165) is 43.6 Å². The van der Waals surface area contributed by atoms with Gasteiger partial charge in [-0.1, -0.05) is 36.4 Å². The zero-order chi connectivity index (χ0) is 25.9. The number of carbonyl (C=O) groups excluding carboxylic acids is 1. The van der Waals surface area contributed by atoms with Crippen LogP contribution in [0, 0.1) is 5.92 Å². The molecule has 2 aromatic rings. The molecule has 8 heteroatoms. The second kappa shape index (κ2) is 10.7. The average Bonchev–Trinajstić information content (AvgIpc) is 2.82. The molecule has 2 aromatic carbocycles. The molecule has 1 aliphatic heterocycles. The van der Waals surface area contributed by atoms with E-state index in [2.05, 4.69) is 17.3 Å². The molecule has 1 saturated heterocycles. The molecular formula is C28H33F3N2O3. The van der Waals surface area contributed by atoms with Gasteiger partial charge in [-0.2, -0.15) is 13.2 Å². The molecule has 1 saturated carbocycles. The summed E-state index contributed by atoms with van der Waals surface area (Å²) in [4.78, 5) is 13.7. The number of carbonyl (C=O) groups is 1. The van der Waals surface area contributed by atoms with Crippen molar-refractivity contribution in [2.24, 2.45) is 5.92 Å². The van der Waals surface area contributed by atoms with Crippen LogP contribution in [0.1, 0.15) is 42.9 Å². The maximum Gasteiger partial charge on any atom is 0.416 e. The van der Waals surface area contributed by atoms with E-state index in [-0.39, 0.29) is 23.3 Å². The van der Waals surface area contributed by atoms with Crippen molar-refractivity contribution in [1.82, 2.24) is 10.2 Å². The largest absolute Gasteiger partial charge is 0.427 e. The number of ether oxygens (including phenoxy) is 1. The number of rotatable bonds is 6. The van der Waals surface area contributed by atoms with Gasteiger partial charge in [0, 0.05) is 37.4 Å². The van der Waals surface area contributed by atoms with Crippen LogP contribution < -0.4 is 10.1 Å². The summed E-state index contributed by atoms with van der Waals surface area (Å²) in [5.74, 6) is 0.170. The first-order valence-corrected chi connectivity index (χ1v) is 12.3. The Morgan fingerprint density at radius 2 is 2.03 bits per heavy atom. The lowest BCUT2D eigenvalue weighted by molar-refractivity contribution is -0.137. The lowest BCUT2D eigenvalue weighted by atomic mass is 9.57. The molecule has 0 radical (unpaired) electrons. The SMILES string of the molecule is CC(=O)Oc1cccc([C@@]23CCN(C)C[C@H]2C(O)C[C@@H](NCC=Cc2cccc(C(F)(F)F)c2)C3)c1. The number of likely N-dealkylation sites (tertiary alicyclic amines) is 1. The van der Waals surface area contributed by atoms with Crippen molar-refractivity contribution in [2.75, 3.05) is 26.7 Å². The van der Waals surface area contributed by atoms with E-state index in [1.54, 1.807) is 18.2 Å². The van der Waals surface area contributed by atoms with Gasteiger partial charge in [0.15, 0.2) is 0 Å². The molecule has 0 aromatic heterocycles. The predicted molar refractivity (Wildman–Crippen MR) is 133 cm³/mol. The Bertz CT molecular complexity index is 1100. The maximum atomic E-state index is 13.0. The molecule has 4 rings (SSSR count). The van der Waals surface area contributed by atoms with E-state index in [1.165, 1.54) is 13.0 Å². The van der Waals surface area contributed by atoms with Gasteiger partial charge in [0.05, 0.1) is 11.7 Å². The second-order valence-electron chi connectivity index (χ2n) is 10.0. The number of hydrogen-bond acceptors (Lipinski definition) is 5. The quantitative estimate of drug-likeness (QED) is 0.445. The summed E-state index contributed by atoms with van der Waals surface area (Å²) in [7, 11) is 2.06. The molecule has 2 fully saturated rings. The van der Waals surface area contributed by atoms with Gasteiger partial charge in [0.25, 0.3) is 0 Å². The zero-order valence-corrected chi connectivity index (χ0v) is 20.6. The summed E-state index contributed by atoms with van der Waals surface area (Å²) < 4.78 is 44.3. The van der Waals surface area contributed by atoms with Crippen molar-refractivity contribution in [3.63, 3.8) is 0 Å². The summed E-state index contributed by atoms with van der Waals surface area (Å²) >= 11 is 0. The van der Waals surface area contributed by atoms with Crippen LogP contribution in [0.4, 0.5) is 13.2 Å². The Balaban J connectivity index is 1.50. The number of nitrogens with one attached hydrogen (secondary N) is 1. The first-order chi connectivity index (χ1) is 17.1. The summed E-state index contributed by atoms with van der Waals surface area (Å²) in [6.45, 7) is 3.52. The normalized spacial score (nSPS) is 27.1. The van der Waals surface area contributed by atoms with Crippen molar-refractivity contribution in [2.45, 2.75) is 49.9 Å². The third-order valence-corrected chi connectivity index (χ3v) is 7.48. The Kier molecular flexibility index (Phi) is 7.87. The Morgan fingerprint density at radius 3 is 2.78 bits per heavy atom. The lowest BCUT2D eigenvalue weighted by Crippen LogP contribution is -2.60. The first kappa shape index (κ1) is 26.4. The fourth-order valence-electron chi connectivity index (χ4n) is 5.82. The van der Waals surface area contributed by atoms with E-state index in [1.807, 2.05) is 24.3 Å². The standard InChI is InChI=1S/C28H33F3N2O3/c1-19(34)36-24-10-4-8-21(15-24)27-11-13-33(2)18-25(27)26(35)16-23(17-27)32-12-5-7-20-6-3-9-22(14-20)28(29,30)31/h3-10,14-15,23,25-26,32,35H,11-13,16-18H2,1-2H3/t23-,25+,26?,27+/m1/s1. The highest BCUT2D eigenvalue weighted by Crippen LogP contribution is 2.49. The van der Waals surface area contributed by atoms with Gasteiger partial charge < -0.3 is 20.1 Å². The average molecular weight is 503 g/mol. The van der Waals surface area contributed by atoms with Crippen molar-refractivity contribution in [1.29, 1.82) is 0 Å². The number of halogens is 3. The van der Waals surface area contributed by atoms with E-state index in [9.17, 15) is 23.1 Å². The third kappa shape index (κ3) is 5.99. The van der Waals surface area contributed by atoms with Crippen LogP contribution in [0.15, 0.2) is 54.6 Å². The Labute approximate surface area is 210 Å². The number of aliphatic hydroxyl groups excluding tert-OH is 1. The summed E-state index contributed by atoms with van der Waals surface area (Å²) in [6, 6.07) is 12.9. The van der Waals surface area contributed by atoms with Gasteiger partial charge in [-0.3, -0.25) is 4.79 Å². The number of esters is 1. The van der Waals surface area contributed by atoms with Gasteiger partial charge in [-0.15, -0.1) is 0 Å². The molecule has 5 nitrogen and oxygen atoms in total. The van der Waals surface area contributed by atoms with Crippen LogP contribution in [-0.2, 0) is 16.4 Å². The second-order valence-corrected chi connectivity index (χ2v) is 10.0. The smallest absolute Gasteiger partial charge is 0.416 e. The van der Waals surface area contributed by atoms with Crippen LogP contribution in [0.3, 0.4) is 0 Å². The van der Waals surface area contributed by atoms with E-state index in [4.69, 9.17) is 4.74 Å².